The van der Waals surface area contributed by atoms with Gasteiger partial charge in [-0.1, -0.05) is 0 Å². The highest BCUT2D eigenvalue weighted by molar-refractivity contribution is 7.12. The van der Waals surface area contributed by atoms with Crippen molar-refractivity contribution in [2.24, 2.45) is 0 Å². The van der Waals surface area contributed by atoms with Crippen LogP contribution in [0.4, 0.5) is 0 Å². The van der Waals surface area contributed by atoms with Gasteiger partial charge in [-0.2, -0.15) is 0 Å². The Kier molecular flexibility index (Phi) is 4.74. The molecular weight excluding hydrogens is 288 g/mol. The first-order valence-electron chi connectivity index (χ1n) is 6.68. The van der Waals surface area contributed by atoms with Crippen molar-refractivity contribution in [2.75, 3.05) is 13.1 Å². The topological polar surface area (TPSA) is 76.0 Å². The summed E-state index contributed by atoms with van der Waals surface area (Å²) in [4.78, 5) is 27.8. The van der Waals surface area contributed by atoms with Crippen molar-refractivity contribution < 1.29 is 9.59 Å². The standard InChI is InChI=1S/C14H18N4O2S/c1-4-15-12(19)8-17-13(20)11-7-9(2)18(10(11)3)14-16-5-6-21-14/h5-7H,4,8H2,1-3H3,(H,15,19)(H,17,20). The molecule has 2 aromatic heterocycles. The van der Waals surface area contributed by atoms with E-state index in [1.807, 2.05) is 36.8 Å². The zero-order chi connectivity index (χ0) is 15.4. The zero-order valence-electron chi connectivity index (χ0n) is 12.3. The van der Waals surface area contributed by atoms with E-state index >= 15 is 0 Å². The average molecular weight is 306 g/mol. The molecule has 0 bridgehead atoms. The van der Waals surface area contributed by atoms with E-state index in [9.17, 15) is 9.59 Å². The first-order valence-corrected chi connectivity index (χ1v) is 7.56. The Bertz CT molecular complexity index is 646. The number of nitrogens with zero attached hydrogens (tertiary/aromatic N) is 2. The van der Waals surface area contributed by atoms with Crippen LogP contribution >= 0.6 is 11.3 Å². The Morgan fingerprint density at radius 3 is 2.71 bits per heavy atom. The van der Waals surface area contributed by atoms with Gasteiger partial charge in [-0.15, -0.1) is 11.3 Å². The largest absolute Gasteiger partial charge is 0.355 e. The first kappa shape index (κ1) is 15.2. The van der Waals surface area contributed by atoms with E-state index in [0.29, 0.717) is 12.1 Å². The highest BCUT2D eigenvalue weighted by Crippen LogP contribution is 2.22. The van der Waals surface area contributed by atoms with Gasteiger partial charge < -0.3 is 10.6 Å². The fraction of sp³-hybridized carbons (Fsp3) is 0.357. The molecule has 7 heteroatoms. The van der Waals surface area contributed by atoms with Gasteiger partial charge in [-0.05, 0) is 26.8 Å². The molecule has 2 heterocycles. The molecule has 0 aromatic carbocycles. The van der Waals surface area contributed by atoms with Crippen LogP contribution in [0.1, 0.15) is 28.7 Å². The van der Waals surface area contributed by atoms with Gasteiger partial charge in [-0.3, -0.25) is 14.2 Å². The number of aryl methyl sites for hydroxylation is 1. The minimum atomic E-state index is -0.253. The summed E-state index contributed by atoms with van der Waals surface area (Å²) < 4.78 is 1.94. The summed E-state index contributed by atoms with van der Waals surface area (Å²) in [5.74, 6) is -0.447. The molecule has 21 heavy (non-hydrogen) atoms. The Balaban J connectivity index is 2.16. The molecule has 0 saturated heterocycles. The molecule has 0 aliphatic carbocycles. The average Bonchev–Trinajstić information content (AvgIpc) is 3.04. The van der Waals surface area contributed by atoms with Gasteiger partial charge in [0.25, 0.3) is 5.91 Å². The van der Waals surface area contributed by atoms with Gasteiger partial charge >= 0.3 is 0 Å². The molecule has 0 aliphatic heterocycles. The van der Waals surface area contributed by atoms with Crippen molar-refractivity contribution >= 4 is 23.2 Å². The Morgan fingerprint density at radius 2 is 2.10 bits per heavy atom. The maximum atomic E-state index is 12.2. The summed E-state index contributed by atoms with van der Waals surface area (Å²) in [6.07, 6.45) is 1.73. The maximum Gasteiger partial charge on any atom is 0.253 e. The highest BCUT2D eigenvalue weighted by atomic mass is 32.1. The molecule has 0 fully saturated rings. The lowest BCUT2D eigenvalue weighted by Crippen LogP contribution is -2.36. The second-order valence-corrected chi connectivity index (χ2v) is 5.44. The zero-order valence-corrected chi connectivity index (χ0v) is 13.1. The normalized spacial score (nSPS) is 10.4. The lowest BCUT2D eigenvalue weighted by atomic mass is 10.2. The molecular formula is C14H18N4O2S. The number of carbonyl (C=O) groups is 2. The third kappa shape index (κ3) is 3.30. The second kappa shape index (κ2) is 6.53. The summed E-state index contributed by atoms with van der Waals surface area (Å²) in [6, 6.07) is 1.81. The molecule has 0 unspecified atom stereocenters. The van der Waals surface area contributed by atoms with Crippen molar-refractivity contribution in [3.8, 4) is 5.13 Å². The summed E-state index contributed by atoms with van der Waals surface area (Å²) >= 11 is 1.51. The van der Waals surface area contributed by atoms with Crippen LogP contribution in [0.2, 0.25) is 0 Å². The monoisotopic (exact) mass is 306 g/mol. The molecule has 0 aliphatic rings. The summed E-state index contributed by atoms with van der Waals surface area (Å²) in [6.45, 7) is 6.16. The predicted molar refractivity (Wildman–Crippen MR) is 81.9 cm³/mol. The molecule has 0 atom stereocenters. The van der Waals surface area contributed by atoms with Gasteiger partial charge in [-0.25, -0.2) is 4.98 Å². The summed E-state index contributed by atoms with van der Waals surface area (Å²) in [5, 5.41) is 7.99. The molecule has 2 rings (SSSR count). The molecule has 0 spiro atoms. The molecule has 112 valence electrons. The number of carbonyl (C=O) groups excluding carboxylic acids is 2. The van der Waals surface area contributed by atoms with Crippen molar-refractivity contribution in [2.45, 2.75) is 20.8 Å². The van der Waals surface area contributed by atoms with Crippen LogP contribution in [0.15, 0.2) is 17.6 Å². The van der Waals surface area contributed by atoms with Gasteiger partial charge in [0, 0.05) is 29.5 Å². The van der Waals surface area contributed by atoms with Crippen LogP contribution in [0.3, 0.4) is 0 Å². The van der Waals surface area contributed by atoms with Crippen molar-refractivity contribution in [3.05, 3.63) is 34.6 Å². The molecule has 2 N–H and O–H groups in total. The molecule has 0 saturated carbocycles. The molecule has 6 nitrogen and oxygen atoms in total. The third-order valence-corrected chi connectivity index (χ3v) is 3.83. The molecule has 2 aromatic rings. The number of hydrogen-bond acceptors (Lipinski definition) is 4. The summed E-state index contributed by atoms with van der Waals surface area (Å²) in [7, 11) is 0. The predicted octanol–water partition coefficient (Wildman–Crippen LogP) is 1.42. The fourth-order valence-corrected chi connectivity index (χ4v) is 2.88. The van der Waals surface area contributed by atoms with Crippen LogP contribution in [0, 0.1) is 13.8 Å². The number of likely N-dealkylation sites (N-methyl/N-ethyl adjacent to an activating group) is 1. The van der Waals surface area contributed by atoms with Crippen LogP contribution < -0.4 is 10.6 Å². The quantitative estimate of drug-likeness (QED) is 0.877. The SMILES string of the molecule is CCNC(=O)CNC(=O)c1cc(C)n(-c2nccs2)c1C. The maximum absolute atomic E-state index is 12.2. The number of rotatable bonds is 5. The number of thiazole rings is 1. The fourth-order valence-electron chi connectivity index (χ4n) is 2.13. The lowest BCUT2D eigenvalue weighted by molar-refractivity contribution is -0.120. The van der Waals surface area contributed by atoms with Gasteiger partial charge in [0.15, 0.2) is 5.13 Å². The molecule has 0 radical (unpaired) electrons. The minimum Gasteiger partial charge on any atom is -0.355 e. The van der Waals surface area contributed by atoms with Gasteiger partial charge in [0.2, 0.25) is 5.91 Å². The van der Waals surface area contributed by atoms with Gasteiger partial charge in [0.05, 0.1) is 12.1 Å². The van der Waals surface area contributed by atoms with Crippen LogP contribution in [0.25, 0.3) is 5.13 Å². The molecule has 2 amide bonds. The van der Waals surface area contributed by atoms with Crippen LogP contribution in [0.5, 0.6) is 0 Å². The minimum absolute atomic E-state index is 0.0202. The summed E-state index contributed by atoms with van der Waals surface area (Å²) in [5.41, 5.74) is 2.31. The van der Waals surface area contributed by atoms with Crippen LogP contribution in [-0.2, 0) is 4.79 Å². The first-order chi connectivity index (χ1) is 10.0. The van der Waals surface area contributed by atoms with Crippen molar-refractivity contribution in [1.29, 1.82) is 0 Å². The van der Waals surface area contributed by atoms with Crippen LogP contribution in [-0.4, -0.2) is 34.5 Å². The van der Waals surface area contributed by atoms with E-state index < -0.39 is 0 Å². The van der Waals surface area contributed by atoms with E-state index in [1.165, 1.54) is 11.3 Å². The second-order valence-electron chi connectivity index (χ2n) is 4.57. The van der Waals surface area contributed by atoms with E-state index in [1.54, 1.807) is 6.20 Å². The van der Waals surface area contributed by atoms with E-state index in [0.717, 1.165) is 16.5 Å². The van der Waals surface area contributed by atoms with Gasteiger partial charge in [0.1, 0.15) is 0 Å². The number of aromatic nitrogens is 2. The van der Waals surface area contributed by atoms with E-state index in [4.69, 9.17) is 0 Å². The lowest BCUT2D eigenvalue weighted by Gasteiger charge is -2.07. The van der Waals surface area contributed by atoms with Crippen molar-refractivity contribution in [1.82, 2.24) is 20.2 Å². The third-order valence-electron chi connectivity index (χ3n) is 3.07. The Labute approximate surface area is 127 Å². The van der Waals surface area contributed by atoms with E-state index in [2.05, 4.69) is 15.6 Å². The highest BCUT2D eigenvalue weighted by Gasteiger charge is 2.18. The number of amides is 2. The Morgan fingerprint density at radius 1 is 1.33 bits per heavy atom. The Hall–Kier alpha value is -2.15. The number of hydrogen-bond donors (Lipinski definition) is 2. The smallest absolute Gasteiger partial charge is 0.253 e. The van der Waals surface area contributed by atoms with E-state index in [-0.39, 0.29) is 18.4 Å². The number of nitrogens with one attached hydrogen (secondary N) is 2. The van der Waals surface area contributed by atoms with Crippen molar-refractivity contribution in [3.63, 3.8) is 0 Å².